The van der Waals surface area contributed by atoms with Crippen molar-refractivity contribution in [3.05, 3.63) is 11.6 Å². The summed E-state index contributed by atoms with van der Waals surface area (Å²) in [5.74, 6) is 0.384. The third-order valence-electron chi connectivity index (χ3n) is 2.14. The predicted molar refractivity (Wildman–Crippen MR) is 62.7 cm³/mol. The number of nitrogens with one attached hydrogen (secondary N) is 1. The predicted octanol–water partition coefficient (Wildman–Crippen LogP) is 2.13. The van der Waals surface area contributed by atoms with Crippen LogP contribution in [0.5, 0.6) is 0 Å². The van der Waals surface area contributed by atoms with Gasteiger partial charge in [0.1, 0.15) is 0 Å². The molecule has 0 aromatic heterocycles. The zero-order valence-electron chi connectivity index (χ0n) is 10.5. The van der Waals surface area contributed by atoms with Crippen molar-refractivity contribution in [3.8, 4) is 0 Å². The van der Waals surface area contributed by atoms with Gasteiger partial charge in [-0.05, 0) is 33.2 Å². The van der Waals surface area contributed by atoms with Crippen LogP contribution in [0.4, 0.5) is 0 Å². The Labute approximate surface area is 92.9 Å². The van der Waals surface area contributed by atoms with E-state index >= 15 is 0 Å². The summed E-state index contributed by atoms with van der Waals surface area (Å²) in [6, 6.07) is 0.245. The molecule has 15 heavy (non-hydrogen) atoms. The van der Waals surface area contributed by atoms with Crippen molar-refractivity contribution in [1.82, 2.24) is 5.32 Å². The van der Waals surface area contributed by atoms with E-state index in [2.05, 4.69) is 19.2 Å². The summed E-state index contributed by atoms with van der Waals surface area (Å²) >= 11 is 0. The number of hydrogen-bond acceptors (Lipinski definition) is 3. The Kier molecular flexibility index (Phi) is 7.05. The molecule has 0 aliphatic heterocycles. The molecule has 1 N–H and O–H groups in total. The first kappa shape index (κ1) is 14.2. The molecule has 0 aliphatic carbocycles. The minimum atomic E-state index is -0.221. The Morgan fingerprint density at radius 3 is 2.47 bits per heavy atom. The molecule has 0 heterocycles. The highest BCUT2D eigenvalue weighted by Gasteiger charge is 2.10. The van der Waals surface area contributed by atoms with Crippen LogP contribution in [-0.2, 0) is 9.53 Å². The number of ether oxygens (including phenoxy) is 1. The molecule has 0 saturated carbocycles. The second-order valence-corrected chi connectivity index (χ2v) is 4.09. The average molecular weight is 213 g/mol. The van der Waals surface area contributed by atoms with Gasteiger partial charge in [-0.1, -0.05) is 19.9 Å². The highest BCUT2D eigenvalue weighted by atomic mass is 16.5. The van der Waals surface area contributed by atoms with Crippen LogP contribution in [0.25, 0.3) is 0 Å². The van der Waals surface area contributed by atoms with Crippen LogP contribution in [0, 0.1) is 5.92 Å². The lowest BCUT2D eigenvalue weighted by molar-refractivity contribution is -0.138. The third-order valence-corrected chi connectivity index (χ3v) is 2.14. The van der Waals surface area contributed by atoms with Gasteiger partial charge in [0.25, 0.3) is 0 Å². The molecule has 88 valence electrons. The van der Waals surface area contributed by atoms with Crippen molar-refractivity contribution in [2.75, 3.05) is 13.7 Å². The monoisotopic (exact) mass is 213 g/mol. The lowest BCUT2D eigenvalue weighted by Gasteiger charge is -2.15. The molecule has 1 atom stereocenters. The molecule has 0 bridgehead atoms. The van der Waals surface area contributed by atoms with Crippen LogP contribution in [-0.4, -0.2) is 25.7 Å². The fourth-order valence-electron chi connectivity index (χ4n) is 1.39. The SMILES string of the molecule is CCOC(=O)C(C)=C[C@H](CC(C)C)NC. The number of likely N-dealkylation sites (N-methyl/N-ethyl adjacent to an activating group) is 1. The fraction of sp³-hybridized carbons (Fsp3) is 0.750. The van der Waals surface area contributed by atoms with Gasteiger partial charge < -0.3 is 10.1 Å². The molecule has 3 heteroatoms. The van der Waals surface area contributed by atoms with Crippen LogP contribution >= 0.6 is 0 Å². The van der Waals surface area contributed by atoms with Crippen molar-refractivity contribution < 1.29 is 9.53 Å². The van der Waals surface area contributed by atoms with Gasteiger partial charge in [0.05, 0.1) is 6.61 Å². The number of carbonyl (C=O) groups excluding carboxylic acids is 1. The van der Waals surface area contributed by atoms with E-state index in [1.807, 2.05) is 20.0 Å². The van der Waals surface area contributed by atoms with Gasteiger partial charge in [-0.25, -0.2) is 4.79 Å². The first-order chi connectivity index (χ1) is 7.01. The molecule has 0 spiro atoms. The van der Waals surface area contributed by atoms with Gasteiger partial charge in [-0.3, -0.25) is 0 Å². The smallest absolute Gasteiger partial charge is 0.333 e. The van der Waals surface area contributed by atoms with E-state index in [1.54, 1.807) is 6.92 Å². The minimum Gasteiger partial charge on any atom is -0.463 e. The Bertz CT molecular complexity index is 222. The number of rotatable bonds is 6. The van der Waals surface area contributed by atoms with Gasteiger partial charge in [-0.2, -0.15) is 0 Å². The first-order valence-electron chi connectivity index (χ1n) is 5.54. The first-order valence-corrected chi connectivity index (χ1v) is 5.54. The zero-order chi connectivity index (χ0) is 11.8. The maximum atomic E-state index is 11.4. The molecule has 0 unspecified atom stereocenters. The third kappa shape index (κ3) is 6.28. The molecular formula is C12H23NO2. The Balaban J connectivity index is 4.34. The highest BCUT2D eigenvalue weighted by molar-refractivity contribution is 5.87. The lowest BCUT2D eigenvalue weighted by Crippen LogP contribution is -2.25. The summed E-state index contributed by atoms with van der Waals surface area (Å²) in [6.45, 7) is 8.37. The van der Waals surface area contributed by atoms with Crippen molar-refractivity contribution >= 4 is 5.97 Å². The van der Waals surface area contributed by atoms with Crippen LogP contribution in [0.15, 0.2) is 11.6 Å². The summed E-state index contributed by atoms with van der Waals surface area (Å²) in [7, 11) is 1.90. The normalized spacial score (nSPS) is 14.1. The Hall–Kier alpha value is -0.830. The number of carbonyl (C=O) groups is 1. The zero-order valence-corrected chi connectivity index (χ0v) is 10.5. The summed E-state index contributed by atoms with van der Waals surface area (Å²) in [4.78, 5) is 11.4. The largest absolute Gasteiger partial charge is 0.463 e. The summed E-state index contributed by atoms with van der Waals surface area (Å²) in [6.07, 6.45) is 2.96. The molecule has 0 saturated heterocycles. The Morgan fingerprint density at radius 2 is 2.07 bits per heavy atom. The van der Waals surface area contributed by atoms with Crippen LogP contribution in [0.3, 0.4) is 0 Å². The van der Waals surface area contributed by atoms with E-state index in [-0.39, 0.29) is 12.0 Å². The van der Waals surface area contributed by atoms with Gasteiger partial charge >= 0.3 is 5.97 Å². The molecule has 0 aromatic rings. The van der Waals surface area contributed by atoms with Crippen LogP contribution in [0.1, 0.15) is 34.1 Å². The molecule has 0 aromatic carbocycles. The molecular weight excluding hydrogens is 190 g/mol. The molecule has 0 aliphatic rings. The van der Waals surface area contributed by atoms with Crippen molar-refractivity contribution in [2.24, 2.45) is 5.92 Å². The summed E-state index contributed by atoms with van der Waals surface area (Å²) in [5, 5.41) is 3.18. The second kappa shape index (κ2) is 7.46. The van der Waals surface area contributed by atoms with Crippen LogP contribution in [0.2, 0.25) is 0 Å². The van der Waals surface area contributed by atoms with E-state index in [0.29, 0.717) is 18.1 Å². The Morgan fingerprint density at radius 1 is 1.47 bits per heavy atom. The van der Waals surface area contributed by atoms with Gasteiger partial charge in [0.15, 0.2) is 0 Å². The van der Waals surface area contributed by atoms with E-state index in [1.165, 1.54) is 0 Å². The maximum absolute atomic E-state index is 11.4. The van der Waals surface area contributed by atoms with Gasteiger partial charge in [0.2, 0.25) is 0 Å². The minimum absolute atomic E-state index is 0.221. The van der Waals surface area contributed by atoms with Crippen molar-refractivity contribution in [3.63, 3.8) is 0 Å². The average Bonchev–Trinajstić information content (AvgIpc) is 2.16. The number of esters is 1. The summed E-state index contributed by atoms with van der Waals surface area (Å²) in [5.41, 5.74) is 0.678. The van der Waals surface area contributed by atoms with E-state index in [9.17, 15) is 4.79 Å². The van der Waals surface area contributed by atoms with Crippen LogP contribution < -0.4 is 5.32 Å². The highest BCUT2D eigenvalue weighted by Crippen LogP contribution is 2.08. The molecule has 0 amide bonds. The quantitative estimate of drug-likeness (QED) is 0.542. The van der Waals surface area contributed by atoms with Gasteiger partial charge in [0, 0.05) is 11.6 Å². The van der Waals surface area contributed by atoms with Crippen molar-refractivity contribution in [1.29, 1.82) is 0 Å². The topological polar surface area (TPSA) is 38.3 Å². The summed E-state index contributed by atoms with van der Waals surface area (Å²) < 4.78 is 4.92. The lowest BCUT2D eigenvalue weighted by atomic mass is 10.0. The number of hydrogen-bond donors (Lipinski definition) is 1. The van der Waals surface area contributed by atoms with Gasteiger partial charge in [-0.15, -0.1) is 0 Å². The molecule has 0 radical (unpaired) electrons. The van der Waals surface area contributed by atoms with E-state index < -0.39 is 0 Å². The standard InChI is InChI=1S/C12H23NO2/c1-6-15-12(14)10(4)8-11(13-5)7-9(2)3/h8-9,11,13H,6-7H2,1-5H3/t11-/m0/s1. The molecule has 0 fully saturated rings. The molecule has 3 nitrogen and oxygen atoms in total. The molecule has 0 rings (SSSR count). The van der Waals surface area contributed by atoms with Crippen molar-refractivity contribution in [2.45, 2.75) is 40.2 Å². The fourth-order valence-corrected chi connectivity index (χ4v) is 1.39. The maximum Gasteiger partial charge on any atom is 0.333 e. The van der Waals surface area contributed by atoms with E-state index in [0.717, 1.165) is 6.42 Å². The van der Waals surface area contributed by atoms with E-state index in [4.69, 9.17) is 4.74 Å². The second-order valence-electron chi connectivity index (χ2n) is 4.09.